The minimum absolute atomic E-state index is 0.653. The lowest BCUT2D eigenvalue weighted by Crippen LogP contribution is -2.00. The molecule has 0 atom stereocenters. The highest BCUT2D eigenvalue weighted by Crippen LogP contribution is 2.31. The van der Waals surface area contributed by atoms with Crippen molar-refractivity contribution in [3.05, 3.63) is 60.4 Å². The summed E-state index contributed by atoms with van der Waals surface area (Å²) < 4.78 is 10.6. The maximum Gasteiger partial charge on any atom is 0.162 e. The molecule has 3 rings (SSSR count). The van der Waals surface area contributed by atoms with Gasteiger partial charge in [-0.1, -0.05) is 18.2 Å². The van der Waals surface area contributed by atoms with Crippen molar-refractivity contribution in [1.29, 1.82) is 0 Å². The van der Waals surface area contributed by atoms with Crippen LogP contribution in [0.5, 0.6) is 11.5 Å². The molecule has 2 N–H and O–H groups in total. The van der Waals surface area contributed by atoms with E-state index in [9.17, 15) is 0 Å². The first kappa shape index (κ1) is 16.6. The number of rotatable bonds is 6. The molecule has 0 saturated heterocycles. The molecule has 1 aromatic heterocycles. The molecule has 0 aliphatic heterocycles. The summed E-state index contributed by atoms with van der Waals surface area (Å²) in [5.41, 5.74) is 3.01. The van der Waals surface area contributed by atoms with Crippen LogP contribution in [0.1, 0.15) is 5.56 Å². The molecule has 0 aliphatic carbocycles. The summed E-state index contributed by atoms with van der Waals surface area (Å²) in [6, 6.07) is 15.5. The Morgan fingerprint density at radius 2 is 1.52 bits per heavy atom. The van der Waals surface area contributed by atoms with Crippen molar-refractivity contribution >= 4 is 23.0 Å². The van der Waals surface area contributed by atoms with Gasteiger partial charge in [0.2, 0.25) is 0 Å². The van der Waals surface area contributed by atoms with E-state index in [1.807, 2.05) is 55.5 Å². The van der Waals surface area contributed by atoms with Crippen molar-refractivity contribution in [2.75, 3.05) is 24.9 Å². The molecule has 128 valence electrons. The number of methoxy groups -OCH3 is 2. The minimum Gasteiger partial charge on any atom is -0.493 e. The summed E-state index contributed by atoms with van der Waals surface area (Å²) in [4.78, 5) is 8.53. The van der Waals surface area contributed by atoms with Crippen molar-refractivity contribution in [2.24, 2.45) is 0 Å². The number of nitrogens with zero attached hydrogens (tertiary/aromatic N) is 2. The average Bonchev–Trinajstić information content (AvgIpc) is 2.64. The van der Waals surface area contributed by atoms with Crippen LogP contribution in [0, 0.1) is 6.92 Å². The zero-order valence-electron chi connectivity index (χ0n) is 14.4. The number of hydrogen-bond donors (Lipinski definition) is 2. The van der Waals surface area contributed by atoms with Crippen molar-refractivity contribution in [3.8, 4) is 11.5 Å². The third-order valence-electron chi connectivity index (χ3n) is 3.73. The fourth-order valence-electron chi connectivity index (χ4n) is 2.41. The van der Waals surface area contributed by atoms with E-state index in [1.54, 1.807) is 14.2 Å². The Morgan fingerprint density at radius 3 is 2.24 bits per heavy atom. The standard InChI is InChI=1S/C19H20N4O2/c1-13-6-4-5-7-15(13)23-19-11-18(20-12-21-19)22-14-8-9-16(24-2)17(10-14)25-3/h4-12H,1-3H3,(H2,20,21,22,23). The molecule has 25 heavy (non-hydrogen) atoms. The number of aryl methyl sites for hydroxylation is 1. The molecule has 0 bridgehead atoms. The Morgan fingerprint density at radius 1 is 0.800 bits per heavy atom. The van der Waals surface area contributed by atoms with Gasteiger partial charge < -0.3 is 20.1 Å². The third kappa shape index (κ3) is 3.98. The summed E-state index contributed by atoms with van der Waals surface area (Å²) in [7, 11) is 3.22. The number of nitrogens with one attached hydrogen (secondary N) is 2. The van der Waals surface area contributed by atoms with Crippen LogP contribution in [0.15, 0.2) is 54.9 Å². The number of aromatic nitrogens is 2. The van der Waals surface area contributed by atoms with E-state index in [0.29, 0.717) is 23.1 Å². The van der Waals surface area contributed by atoms with E-state index in [-0.39, 0.29) is 0 Å². The van der Waals surface area contributed by atoms with Crippen molar-refractivity contribution in [1.82, 2.24) is 9.97 Å². The average molecular weight is 336 g/mol. The first-order valence-electron chi connectivity index (χ1n) is 7.83. The van der Waals surface area contributed by atoms with Crippen LogP contribution in [0.4, 0.5) is 23.0 Å². The molecule has 0 unspecified atom stereocenters. The van der Waals surface area contributed by atoms with Crippen LogP contribution in [0.25, 0.3) is 0 Å². The molecule has 0 fully saturated rings. The van der Waals surface area contributed by atoms with Gasteiger partial charge in [0.05, 0.1) is 14.2 Å². The second-order valence-electron chi connectivity index (χ2n) is 5.42. The second-order valence-corrected chi connectivity index (χ2v) is 5.42. The predicted molar refractivity (Wildman–Crippen MR) is 99.3 cm³/mol. The maximum absolute atomic E-state index is 5.32. The molecule has 6 nitrogen and oxygen atoms in total. The summed E-state index contributed by atoms with van der Waals surface area (Å²) >= 11 is 0. The molecule has 0 saturated carbocycles. The Kier molecular flexibility index (Phi) is 4.99. The number of para-hydroxylation sites is 1. The lowest BCUT2D eigenvalue weighted by Gasteiger charge is -2.12. The molecular formula is C19H20N4O2. The molecule has 0 amide bonds. The number of benzene rings is 2. The Labute approximate surface area is 146 Å². The minimum atomic E-state index is 0.653. The monoisotopic (exact) mass is 336 g/mol. The van der Waals surface area contributed by atoms with Crippen molar-refractivity contribution in [2.45, 2.75) is 6.92 Å². The summed E-state index contributed by atoms with van der Waals surface area (Å²) in [6.07, 6.45) is 1.52. The van der Waals surface area contributed by atoms with Crippen LogP contribution in [-0.4, -0.2) is 24.2 Å². The van der Waals surface area contributed by atoms with Gasteiger partial charge in [-0.15, -0.1) is 0 Å². The number of hydrogen-bond acceptors (Lipinski definition) is 6. The van der Waals surface area contributed by atoms with E-state index in [1.165, 1.54) is 6.33 Å². The van der Waals surface area contributed by atoms with Gasteiger partial charge >= 0.3 is 0 Å². The topological polar surface area (TPSA) is 68.3 Å². The highest BCUT2D eigenvalue weighted by atomic mass is 16.5. The Balaban J connectivity index is 1.79. The molecule has 1 heterocycles. The molecule has 0 aliphatic rings. The smallest absolute Gasteiger partial charge is 0.162 e. The molecule has 3 aromatic rings. The normalized spacial score (nSPS) is 10.2. The van der Waals surface area contributed by atoms with Gasteiger partial charge in [0.1, 0.15) is 18.0 Å². The fourth-order valence-corrected chi connectivity index (χ4v) is 2.41. The largest absolute Gasteiger partial charge is 0.493 e. The SMILES string of the molecule is COc1ccc(Nc2cc(Nc3ccccc3C)ncn2)cc1OC. The fraction of sp³-hybridized carbons (Fsp3) is 0.158. The third-order valence-corrected chi connectivity index (χ3v) is 3.73. The first-order valence-corrected chi connectivity index (χ1v) is 7.83. The maximum atomic E-state index is 5.32. The number of ether oxygens (including phenoxy) is 2. The molecule has 2 aromatic carbocycles. The van der Waals surface area contributed by atoms with Crippen LogP contribution in [0.2, 0.25) is 0 Å². The van der Waals surface area contributed by atoms with E-state index >= 15 is 0 Å². The van der Waals surface area contributed by atoms with Gasteiger partial charge in [-0.25, -0.2) is 9.97 Å². The van der Waals surface area contributed by atoms with Crippen LogP contribution >= 0.6 is 0 Å². The van der Waals surface area contributed by atoms with Crippen molar-refractivity contribution in [3.63, 3.8) is 0 Å². The quantitative estimate of drug-likeness (QED) is 0.700. The summed E-state index contributed by atoms with van der Waals surface area (Å²) in [6.45, 7) is 2.05. The van der Waals surface area contributed by atoms with Gasteiger partial charge in [-0.3, -0.25) is 0 Å². The zero-order valence-corrected chi connectivity index (χ0v) is 14.4. The van der Waals surface area contributed by atoms with Gasteiger partial charge in [0, 0.05) is 23.5 Å². The lowest BCUT2D eigenvalue weighted by molar-refractivity contribution is 0.355. The van der Waals surface area contributed by atoms with Gasteiger partial charge in [0.25, 0.3) is 0 Å². The van der Waals surface area contributed by atoms with Crippen LogP contribution < -0.4 is 20.1 Å². The summed E-state index contributed by atoms with van der Waals surface area (Å²) in [5, 5.41) is 6.55. The van der Waals surface area contributed by atoms with Gasteiger partial charge in [-0.05, 0) is 30.7 Å². The van der Waals surface area contributed by atoms with E-state index < -0.39 is 0 Å². The van der Waals surface area contributed by atoms with Gasteiger partial charge in [0.15, 0.2) is 11.5 Å². The molecule has 0 radical (unpaired) electrons. The van der Waals surface area contributed by atoms with Crippen LogP contribution in [-0.2, 0) is 0 Å². The Hall–Kier alpha value is -3.28. The van der Waals surface area contributed by atoms with E-state index in [2.05, 4.69) is 20.6 Å². The number of anilines is 4. The predicted octanol–water partition coefficient (Wildman–Crippen LogP) is 4.29. The molecule has 6 heteroatoms. The first-order chi connectivity index (χ1) is 12.2. The van der Waals surface area contributed by atoms with Crippen LogP contribution in [0.3, 0.4) is 0 Å². The highest BCUT2D eigenvalue weighted by molar-refractivity contribution is 5.66. The molecular weight excluding hydrogens is 316 g/mol. The molecule has 0 spiro atoms. The Bertz CT molecular complexity index is 868. The highest BCUT2D eigenvalue weighted by Gasteiger charge is 2.06. The summed E-state index contributed by atoms with van der Waals surface area (Å²) in [5.74, 6) is 2.73. The second kappa shape index (κ2) is 7.53. The van der Waals surface area contributed by atoms with Gasteiger partial charge in [-0.2, -0.15) is 0 Å². The van der Waals surface area contributed by atoms with E-state index in [0.717, 1.165) is 16.9 Å². The van der Waals surface area contributed by atoms with E-state index in [4.69, 9.17) is 9.47 Å². The van der Waals surface area contributed by atoms with Crippen molar-refractivity contribution < 1.29 is 9.47 Å². The lowest BCUT2D eigenvalue weighted by atomic mass is 10.2. The zero-order chi connectivity index (χ0) is 17.6.